The lowest BCUT2D eigenvalue weighted by atomic mass is 10.0. The summed E-state index contributed by atoms with van der Waals surface area (Å²) in [5.41, 5.74) is 8.55. The van der Waals surface area contributed by atoms with Crippen molar-refractivity contribution in [2.24, 2.45) is 5.73 Å². The van der Waals surface area contributed by atoms with E-state index in [0.29, 0.717) is 30.6 Å². The normalized spacial score (nSPS) is 10.8. The zero-order valence-corrected chi connectivity index (χ0v) is 18.4. The molecular formula is C24H23N5O2S. The van der Waals surface area contributed by atoms with Gasteiger partial charge in [0.2, 0.25) is 11.8 Å². The van der Waals surface area contributed by atoms with Gasteiger partial charge in [0.25, 0.3) is 0 Å². The van der Waals surface area contributed by atoms with Gasteiger partial charge in [0.05, 0.1) is 5.39 Å². The zero-order valence-electron chi connectivity index (χ0n) is 17.6. The molecule has 0 unspecified atom stereocenters. The quantitative estimate of drug-likeness (QED) is 0.344. The second kappa shape index (κ2) is 9.57. The van der Waals surface area contributed by atoms with Crippen LogP contribution in [-0.2, 0) is 4.79 Å². The van der Waals surface area contributed by atoms with E-state index in [9.17, 15) is 9.59 Å². The number of aromatic nitrogens is 2. The zero-order chi connectivity index (χ0) is 22.5. The predicted octanol–water partition coefficient (Wildman–Crippen LogP) is 4.60. The number of hydrogen-bond donors (Lipinski definition) is 3. The Morgan fingerprint density at radius 1 is 1.03 bits per heavy atom. The summed E-state index contributed by atoms with van der Waals surface area (Å²) in [5, 5.41) is 7.22. The van der Waals surface area contributed by atoms with E-state index in [-0.39, 0.29) is 5.91 Å². The van der Waals surface area contributed by atoms with Crippen molar-refractivity contribution in [2.75, 3.05) is 17.2 Å². The Hall–Kier alpha value is -3.78. The Kier molecular flexibility index (Phi) is 6.42. The Labute approximate surface area is 189 Å². The number of amides is 2. The fraction of sp³-hybridized carbons (Fsp3) is 0.167. The lowest BCUT2D eigenvalue weighted by Crippen LogP contribution is -2.14. The second-order valence-electron chi connectivity index (χ2n) is 7.32. The molecule has 7 nitrogen and oxygen atoms in total. The molecule has 0 atom stereocenters. The van der Waals surface area contributed by atoms with Gasteiger partial charge in [-0.15, -0.1) is 11.3 Å². The summed E-state index contributed by atoms with van der Waals surface area (Å²) in [6.45, 7) is 2.70. The van der Waals surface area contributed by atoms with Gasteiger partial charge in [-0.3, -0.25) is 9.59 Å². The molecule has 0 bridgehead atoms. The molecule has 162 valence electrons. The van der Waals surface area contributed by atoms with E-state index in [1.165, 1.54) is 4.88 Å². The number of benzene rings is 2. The highest BCUT2D eigenvalue weighted by Gasteiger charge is 2.16. The smallest absolute Gasteiger partial charge is 0.248 e. The number of nitrogens with two attached hydrogens (primary N) is 1. The molecule has 0 spiro atoms. The molecule has 0 aliphatic carbocycles. The van der Waals surface area contributed by atoms with Crippen molar-refractivity contribution in [3.63, 3.8) is 0 Å². The van der Waals surface area contributed by atoms with Gasteiger partial charge < -0.3 is 16.4 Å². The molecule has 0 aliphatic rings. The molecule has 4 N–H and O–H groups in total. The van der Waals surface area contributed by atoms with Gasteiger partial charge in [-0.05, 0) is 43.2 Å². The number of aryl methyl sites for hydroxylation is 1. The average Bonchev–Trinajstić information content (AvgIpc) is 3.14. The van der Waals surface area contributed by atoms with Gasteiger partial charge in [-0.1, -0.05) is 30.3 Å². The SMILES string of the molecule is Cc1sc2ncnc(NCCCC(=O)Nc3ccc(C(N)=O)cc3)c2c1-c1ccccc1. The minimum absolute atomic E-state index is 0.0946. The van der Waals surface area contributed by atoms with Crippen LogP contribution in [0, 0.1) is 6.92 Å². The fourth-order valence-corrected chi connectivity index (χ4v) is 4.54. The molecule has 0 saturated carbocycles. The third-order valence-corrected chi connectivity index (χ3v) is 6.07. The first-order valence-electron chi connectivity index (χ1n) is 10.3. The number of thiophene rings is 1. The molecule has 4 aromatic rings. The van der Waals surface area contributed by atoms with Gasteiger partial charge >= 0.3 is 0 Å². The summed E-state index contributed by atoms with van der Waals surface area (Å²) in [5.74, 6) is 0.187. The van der Waals surface area contributed by atoms with Crippen LogP contribution in [0.15, 0.2) is 60.9 Å². The van der Waals surface area contributed by atoms with Gasteiger partial charge in [-0.25, -0.2) is 9.97 Å². The van der Waals surface area contributed by atoms with Crippen molar-refractivity contribution in [2.45, 2.75) is 19.8 Å². The molecule has 8 heteroatoms. The molecular weight excluding hydrogens is 422 g/mol. The summed E-state index contributed by atoms with van der Waals surface area (Å²) < 4.78 is 0. The summed E-state index contributed by atoms with van der Waals surface area (Å²) >= 11 is 1.65. The molecule has 2 amide bonds. The molecule has 0 aliphatic heterocycles. The van der Waals surface area contributed by atoms with E-state index in [1.54, 1.807) is 41.9 Å². The van der Waals surface area contributed by atoms with Crippen LogP contribution in [0.1, 0.15) is 28.1 Å². The molecule has 0 fully saturated rings. The van der Waals surface area contributed by atoms with E-state index in [0.717, 1.165) is 27.2 Å². The lowest BCUT2D eigenvalue weighted by Gasteiger charge is -2.09. The van der Waals surface area contributed by atoms with E-state index in [4.69, 9.17) is 5.73 Å². The van der Waals surface area contributed by atoms with Crippen LogP contribution in [0.4, 0.5) is 11.5 Å². The van der Waals surface area contributed by atoms with Crippen molar-refractivity contribution in [3.05, 3.63) is 71.4 Å². The summed E-state index contributed by atoms with van der Waals surface area (Å²) in [6.07, 6.45) is 2.56. The Morgan fingerprint density at radius 3 is 2.50 bits per heavy atom. The van der Waals surface area contributed by atoms with Crippen LogP contribution in [-0.4, -0.2) is 28.3 Å². The maximum absolute atomic E-state index is 12.2. The van der Waals surface area contributed by atoms with E-state index in [2.05, 4.69) is 39.7 Å². The maximum atomic E-state index is 12.2. The predicted molar refractivity (Wildman–Crippen MR) is 129 cm³/mol. The summed E-state index contributed by atoms with van der Waals surface area (Å²) in [4.78, 5) is 34.4. The van der Waals surface area contributed by atoms with E-state index >= 15 is 0 Å². The number of nitrogens with one attached hydrogen (secondary N) is 2. The van der Waals surface area contributed by atoms with Gasteiger partial charge in [0.1, 0.15) is 17.0 Å². The number of hydrogen-bond acceptors (Lipinski definition) is 6. The van der Waals surface area contributed by atoms with Gasteiger partial charge in [0.15, 0.2) is 0 Å². The standard InChI is InChI=1S/C24H23N5O2S/c1-15-20(16-6-3-2-4-7-16)21-23(27-14-28-24(21)32-15)26-13-5-8-19(30)29-18-11-9-17(10-12-18)22(25)31/h2-4,6-7,9-12,14H,5,8,13H2,1H3,(H2,25,31)(H,29,30)(H,26,27,28). The van der Waals surface area contributed by atoms with E-state index in [1.807, 2.05) is 18.2 Å². The first-order valence-corrected chi connectivity index (χ1v) is 11.1. The van der Waals surface area contributed by atoms with Crippen LogP contribution in [0.3, 0.4) is 0 Å². The van der Waals surface area contributed by atoms with Crippen LogP contribution in [0.2, 0.25) is 0 Å². The van der Waals surface area contributed by atoms with Crippen molar-refractivity contribution >= 4 is 44.9 Å². The molecule has 0 radical (unpaired) electrons. The number of nitrogens with zero attached hydrogens (tertiary/aromatic N) is 2. The average molecular weight is 446 g/mol. The topological polar surface area (TPSA) is 110 Å². The third kappa shape index (κ3) is 4.76. The number of carbonyl (C=O) groups excluding carboxylic acids is 2. The molecule has 4 rings (SSSR count). The van der Waals surface area contributed by atoms with Gasteiger partial charge in [0, 0.05) is 34.7 Å². The highest BCUT2D eigenvalue weighted by Crippen LogP contribution is 2.40. The number of rotatable bonds is 8. The number of primary amides is 1. The van der Waals surface area contributed by atoms with Crippen molar-refractivity contribution in [1.82, 2.24) is 9.97 Å². The van der Waals surface area contributed by atoms with Crippen molar-refractivity contribution in [1.29, 1.82) is 0 Å². The summed E-state index contributed by atoms with van der Waals surface area (Å²) in [7, 11) is 0. The Bertz CT molecular complexity index is 1250. The van der Waals surface area contributed by atoms with Crippen molar-refractivity contribution < 1.29 is 9.59 Å². The highest BCUT2D eigenvalue weighted by atomic mass is 32.1. The first-order chi connectivity index (χ1) is 15.5. The molecule has 2 aromatic carbocycles. The molecule has 0 saturated heterocycles. The Balaban J connectivity index is 1.38. The highest BCUT2D eigenvalue weighted by molar-refractivity contribution is 7.19. The first kappa shape index (κ1) is 21.5. The fourth-order valence-electron chi connectivity index (χ4n) is 3.53. The maximum Gasteiger partial charge on any atom is 0.248 e. The van der Waals surface area contributed by atoms with E-state index < -0.39 is 5.91 Å². The number of carbonyl (C=O) groups is 2. The van der Waals surface area contributed by atoms with Crippen LogP contribution in [0.5, 0.6) is 0 Å². The number of anilines is 2. The molecule has 32 heavy (non-hydrogen) atoms. The molecule has 2 heterocycles. The third-order valence-electron chi connectivity index (χ3n) is 5.05. The minimum Gasteiger partial charge on any atom is -0.369 e. The van der Waals surface area contributed by atoms with Crippen LogP contribution in [0.25, 0.3) is 21.3 Å². The Morgan fingerprint density at radius 2 is 1.78 bits per heavy atom. The van der Waals surface area contributed by atoms with Crippen LogP contribution < -0.4 is 16.4 Å². The van der Waals surface area contributed by atoms with Crippen molar-refractivity contribution in [3.8, 4) is 11.1 Å². The lowest BCUT2D eigenvalue weighted by molar-refractivity contribution is -0.116. The summed E-state index contributed by atoms with van der Waals surface area (Å²) in [6, 6.07) is 16.7. The largest absolute Gasteiger partial charge is 0.369 e. The van der Waals surface area contributed by atoms with Crippen LogP contribution >= 0.6 is 11.3 Å². The number of fused-ring (bicyclic) bond motifs is 1. The minimum atomic E-state index is -0.496. The monoisotopic (exact) mass is 445 g/mol. The second-order valence-corrected chi connectivity index (χ2v) is 8.53. The van der Waals surface area contributed by atoms with Gasteiger partial charge in [-0.2, -0.15) is 0 Å². The molecule has 2 aromatic heterocycles.